The largest absolute Gasteiger partial charge is 0.492 e. The van der Waals surface area contributed by atoms with Crippen molar-refractivity contribution < 1.29 is 14.3 Å². The number of rotatable bonds is 7. The predicted octanol–water partition coefficient (Wildman–Crippen LogP) is 3.42. The highest BCUT2D eigenvalue weighted by Gasteiger charge is 2.34. The third-order valence-corrected chi connectivity index (χ3v) is 4.79. The molecule has 0 radical (unpaired) electrons. The second-order valence-electron chi connectivity index (χ2n) is 6.90. The molecule has 1 N–H and O–H groups in total. The van der Waals surface area contributed by atoms with Crippen LogP contribution < -0.4 is 10.1 Å². The standard InChI is InChI=1S/C22H26N2O3/c1-3-27-20-13-16(2)9-10-19(20)23-22(26)18-14-21(25)24(15-18)12-11-17-7-5-4-6-8-17/h4-10,13,18H,3,11-12,14-15H2,1-2H3,(H,23,26). The smallest absolute Gasteiger partial charge is 0.229 e. The summed E-state index contributed by atoms with van der Waals surface area (Å²) in [6.07, 6.45) is 1.06. The Labute approximate surface area is 160 Å². The molecule has 1 aliphatic rings. The van der Waals surface area contributed by atoms with Crippen LogP contribution in [-0.2, 0) is 16.0 Å². The van der Waals surface area contributed by atoms with Crippen LogP contribution >= 0.6 is 0 Å². The van der Waals surface area contributed by atoms with Crippen LogP contribution in [0.5, 0.6) is 5.75 Å². The van der Waals surface area contributed by atoms with E-state index in [1.165, 1.54) is 5.56 Å². The SMILES string of the molecule is CCOc1cc(C)ccc1NC(=O)C1CC(=O)N(CCc2ccccc2)C1. The fourth-order valence-corrected chi connectivity index (χ4v) is 3.32. The molecule has 27 heavy (non-hydrogen) atoms. The van der Waals surface area contributed by atoms with Gasteiger partial charge in [0.05, 0.1) is 18.2 Å². The molecule has 1 atom stereocenters. The van der Waals surface area contributed by atoms with Crippen LogP contribution in [0.3, 0.4) is 0 Å². The first-order valence-electron chi connectivity index (χ1n) is 9.43. The lowest BCUT2D eigenvalue weighted by Gasteiger charge is -2.17. The normalized spacial score (nSPS) is 16.4. The molecule has 1 fully saturated rings. The summed E-state index contributed by atoms with van der Waals surface area (Å²) < 4.78 is 5.62. The fraction of sp³-hybridized carbons (Fsp3) is 0.364. The minimum atomic E-state index is -0.330. The molecule has 1 aliphatic heterocycles. The molecule has 1 unspecified atom stereocenters. The fourth-order valence-electron chi connectivity index (χ4n) is 3.32. The Morgan fingerprint density at radius 2 is 2.00 bits per heavy atom. The van der Waals surface area contributed by atoms with Crippen molar-refractivity contribution in [2.75, 3.05) is 25.0 Å². The highest BCUT2D eigenvalue weighted by atomic mass is 16.5. The number of likely N-dealkylation sites (tertiary alicyclic amines) is 1. The maximum atomic E-state index is 12.7. The van der Waals surface area contributed by atoms with E-state index in [0.29, 0.717) is 31.1 Å². The number of ether oxygens (including phenoxy) is 1. The Morgan fingerprint density at radius 1 is 1.22 bits per heavy atom. The van der Waals surface area contributed by atoms with Crippen molar-refractivity contribution in [3.63, 3.8) is 0 Å². The summed E-state index contributed by atoms with van der Waals surface area (Å²) >= 11 is 0. The molecule has 2 aromatic carbocycles. The van der Waals surface area contributed by atoms with Crippen LogP contribution in [0.1, 0.15) is 24.5 Å². The van der Waals surface area contributed by atoms with E-state index in [0.717, 1.165) is 12.0 Å². The first-order chi connectivity index (χ1) is 13.1. The van der Waals surface area contributed by atoms with Gasteiger partial charge in [-0.1, -0.05) is 36.4 Å². The molecular weight excluding hydrogens is 340 g/mol. The number of aryl methyl sites for hydroxylation is 1. The zero-order valence-electron chi connectivity index (χ0n) is 15.9. The lowest BCUT2D eigenvalue weighted by Crippen LogP contribution is -2.30. The van der Waals surface area contributed by atoms with E-state index in [9.17, 15) is 9.59 Å². The quantitative estimate of drug-likeness (QED) is 0.817. The van der Waals surface area contributed by atoms with Gasteiger partial charge in [-0.15, -0.1) is 0 Å². The highest BCUT2D eigenvalue weighted by Crippen LogP contribution is 2.28. The third kappa shape index (κ3) is 4.88. The Kier molecular flexibility index (Phi) is 6.12. The molecule has 1 saturated heterocycles. The summed E-state index contributed by atoms with van der Waals surface area (Å²) in [6.45, 7) is 5.53. The van der Waals surface area contributed by atoms with Crippen molar-refractivity contribution in [1.82, 2.24) is 4.90 Å². The number of nitrogens with one attached hydrogen (secondary N) is 1. The molecule has 0 aliphatic carbocycles. The van der Waals surface area contributed by atoms with Crippen LogP contribution in [-0.4, -0.2) is 36.4 Å². The van der Waals surface area contributed by atoms with Crippen LogP contribution in [0, 0.1) is 12.8 Å². The highest BCUT2D eigenvalue weighted by molar-refractivity contribution is 5.98. The molecule has 0 saturated carbocycles. The Balaban J connectivity index is 1.59. The van der Waals surface area contributed by atoms with Gasteiger partial charge in [0.15, 0.2) is 0 Å². The maximum Gasteiger partial charge on any atom is 0.229 e. The zero-order chi connectivity index (χ0) is 19.2. The summed E-state index contributed by atoms with van der Waals surface area (Å²) in [4.78, 5) is 26.8. The van der Waals surface area contributed by atoms with E-state index >= 15 is 0 Å². The number of amides is 2. The van der Waals surface area contributed by atoms with Crippen molar-refractivity contribution in [2.24, 2.45) is 5.92 Å². The van der Waals surface area contributed by atoms with Gasteiger partial charge in [0.1, 0.15) is 5.75 Å². The average molecular weight is 366 g/mol. The number of anilines is 1. The molecule has 2 amide bonds. The lowest BCUT2D eigenvalue weighted by molar-refractivity contribution is -0.128. The van der Waals surface area contributed by atoms with Crippen LogP contribution in [0.2, 0.25) is 0 Å². The monoisotopic (exact) mass is 366 g/mol. The number of benzene rings is 2. The van der Waals surface area contributed by atoms with Crippen molar-refractivity contribution in [3.05, 3.63) is 59.7 Å². The van der Waals surface area contributed by atoms with E-state index in [2.05, 4.69) is 17.4 Å². The molecule has 142 valence electrons. The number of nitrogens with zero attached hydrogens (tertiary/aromatic N) is 1. The van der Waals surface area contributed by atoms with E-state index < -0.39 is 0 Å². The summed E-state index contributed by atoms with van der Waals surface area (Å²) in [6, 6.07) is 15.8. The Bertz CT molecular complexity index is 804. The molecule has 0 aromatic heterocycles. The van der Waals surface area contributed by atoms with E-state index in [4.69, 9.17) is 4.74 Å². The molecule has 5 heteroatoms. The molecule has 1 heterocycles. The van der Waals surface area contributed by atoms with Crippen molar-refractivity contribution >= 4 is 17.5 Å². The predicted molar refractivity (Wildman–Crippen MR) is 106 cm³/mol. The van der Waals surface area contributed by atoms with Crippen LogP contribution in [0.4, 0.5) is 5.69 Å². The topological polar surface area (TPSA) is 58.6 Å². The summed E-state index contributed by atoms with van der Waals surface area (Å²) in [5.41, 5.74) is 2.92. The summed E-state index contributed by atoms with van der Waals surface area (Å²) in [5.74, 6) is 0.246. The van der Waals surface area contributed by atoms with Gasteiger partial charge in [-0.25, -0.2) is 0 Å². The Morgan fingerprint density at radius 3 is 2.74 bits per heavy atom. The van der Waals surface area contributed by atoms with Crippen molar-refractivity contribution in [1.29, 1.82) is 0 Å². The molecule has 3 rings (SSSR count). The Hall–Kier alpha value is -2.82. The minimum absolute atomic E-state index is 0.0417. The minimum Gasteiger partial charge on any atom is -0.492 e. The van der Waals surface area contributed by atoms with Gasteiger partial charge in [-0.3, -0.25) is 9.59 Å². The molecule has 5 nitrogen and oxygen atoms in total. The van der Waals surface area contributed by atoms with E-state index in [1.54, 1.807) is 4.90 Å². The van der Waals surface area contributed by atoms with E-state index in [-0.39, 0.29) is 24.2 Å². The van der Waals surface area contributed by atoms with Crippen molar-refractivity contribution in [2.45, 2.75) is 26.7 Å². The van der Waals surface area contributed by atoms with Crippen LogP contribution in [0.25, 0.3) is 0 Å². The van der Waals surface area contributed by atoms with Gasteiger partial charge >= 0.3 is 0 Å². The second-order valence-corrected chi connectivity index (χ2v) is 6.90. The maximum absolute atomic E-state index is 12.7. The van der Waals surface area contributed by atoms with Gasteiger partial charge < -0.3 is 15.0 Å². The van der Waals surface area contributed by atoms with Gasteiger partial charge in [-0.2, -0.15) is 0 Å². The summed E-state index contributed by atoms with van der Waals surface area (Å²) in [5, 5.41) is 2.94. The summed E-state index contributed by atoms with van der Waals surface area (Å²) in [7, 11) is 0. The molecule has 0 spiro atoms. The van der Waals surface area contributed by atoms with Gasteiger partial charge in [0, 0.05) is 19.5 Å². The number of carbonyl (C=O) groups is 2. The van der Waals surface area contributed by atoms with Crippen molar-refractivity contribution in [3.8, 4) is 5.75 Å². The number of hydrogen-bond acceptors (Lipinski definition) is 3. The number of hydrogen-bond donors (Lipinski definition) is 1. The zero-order valence-corrected chi connectivity index (χ0v) is 15.9. The lowest BCUT2D eigenvalue weighted by atomic mass is 10.1. The van der Waals surface area contributed by atoms with Gasteiger partial charge in [0.2, 0.25) is 11.8 Å². The third-order valence-electron chi connectivity index (χ3n) is 4.79. The molecule has 2 aromatic rings. The molecular formula is C22H26N2O3. The average Bonchev–Trinajstić information content (AvgIpc) is 3.04. The van der Waals surface area contributed by atoms with Gasteiger partial charge in [-0.05, 0) is 43.5 Å². The van der Waals surface area contributed by atoms with E-state index in [1.807, 2.05) is 50.2 Å². The first kappa shape index (κ1) is 19.0. The van der Waals surface area contributed by atoms with Crippen LogP contribution in [0.15, 0.2) is 48.5 Å². The van der Waals surface area contributed by atoms with Gasteiger partial charge in [0.25, 0.3) is 0 Å². The second kappa shape index (κ2) is 8.71. The number of carbonyl (C=O) groups excluding carboxylic acids is 2. The first-order valence-corrected chi connectivity index (χ1v) is 9.43. The molecule has 0 bridgehead atoms.